The first-order valence-corrected chi connectivity index (χ1v) is 4.39. The van der Waals surface area contributed by atoms with Crippen LogP contribution < -0.4 is 11.3 Å². The molecule has 1 aromatic heterocycles. The Morgan fingerprint density at radius 1 is 1.40 bits per heavy atom. The van der Waals surface area contributed by atoms with E-state index in [-0.39, 0.29) is 13.1 Å². The molecule has 1 heterocycles. The van der Waals surface area contributed by atoms with Crippen LogP contribution >= 0.6 is 0 Å². The smallest absolute Gasteiger partial charge is 0.326 e. The molecule has 0 aromatic carbocycles. The molecule has 0 saturated heterocycles. The zero-order valence-corrected chi connectivity index (χ0v) is 7.92. The van der Waals surface area contributed by atoms with Crippen molar-refractivity contribution in [1.82, 2.24) is 4.57 Å². The maximum atomic E-state index is 11.9. The lowest BCUT2D eigenvalue weighted by Crippen LogP contribution is -2.26. The summed E-state index contributed by atoms with van der Waals surface area (Å²) in [6, 6.07) is 3.02. The van der Waals surface area contributed by atoms with Gasteiger partial charge in [-0.05, 0) is 6.07 Å². The van der Waals surface area contributed by atoms with E-state index in [0.29, 0.717) is 5.56 Å². The molecule has 2 N–H and O–H groups in total. The van der Waals surface area contributed by atoms with Crippen molar-refractivity contribution >= 4 is 0 Å². The van der Waals surface area contributed by atoms with Gasteiger partial charge in [-0.3, -0.25) is 4.79 Å². The minimum Gasteiger partial charge on any atom is -0.326 e. The van der Waals surface area contributed by atoms with Crippen molar-refractivity contribution in [2.45, 2.75) is 25.7 Å². The molecule has 3 nitrogen and oxygen atoms in total. The van der Waals surface area contributed by atoms with Gasteiger partial charge in [0.2, 0.25) is 0 Å². The fourth-order valence-corrected chi connectivity index (χ4v) is 1.17. The lowest BCUT2D eigenvalue weighted by Gasteiger charge is -2.09. The van der Waals surface area contributed by atoms with Crippen molar-refractivity contribution in [1.29, 1.82) is 0 Å². The summed E-state index contributed by atoms with van der Waals surface area (Å²) < 4.78 is 36.8. The van der Waals surface area contributed by atoms with Crippen LogP contribution in [0, 0.1) is 0 Å². The quantitative estimate of drug-likeness (QED) is 0.833. The maximum absolute atomic E-state index is 11.9. The molecule has 0 aliphatic carbocycles. The Morgan fingerprint density at radius 2 is 2.07 bits per heavy atom. The highest BCUT2D eigenvalue weighted by molar-refractivity contribution is 5.09. The van der Waals surface area contributed by atoms with Crippen molar-refractivity contribution in [3.05, 3.63) is 34.2 Å². The van der Waals surface area contributed by atoms with Gasteiger partial charge in [-0.2, -0.15) is 13.2 Å². The van der Waals surface area contributed by atoms with Crippen molar-refractivity contribution in [3.8, 4) is 0 Å². The van der Waals surface area contributed by atoms with Gasteiger partial charge in [-0.25, -0.2) is 0 Å². The number of rotatable bonds is 3. The van der Waals surface area contributed by atoms with Gasteiger partial charge in [0.25, 0.3) is 5.56 Å². The fraction of sp³-hybridized carbons (Fsp3) is 0.444. The minimum absolute atomic E-state index is 0.0334. The van der Waals surface area contributed by atoms with E-state index < -0.39 is 18.2 Å². The molecule has 0 aliphatic heterocycles. The third-order valence-electron chi connectivity index (χ3n) is 1.96. The molecule has 0 radical (unpaired) electrons. The minimum atomic E-state index is -4.25. The Bertz CT molecular complexity index is 384. The fourth-order valence-electron chi connectivity index (χ4n) is 1.17. The second kappa shape index (κ2) is 4.48. The van der Waals surface area contributed by atoms with Crippen LogP contribution in [0.1, 0.15) is 12.0 Å². The van der Waals surface area contributed by atoms with Crippen molar-refractivity contribution < 1.29 is 13.2 Å². The Kier molecular flexibility index (Phi) is 3.52. The second-order valence-corrected chi connectivity index (χ2v) is 3.10. The van der Waals surface area contributed by atoms with Gasteiger partial charge in [0, 0.05) is 24.8 Å². The number of alkyl halides is 3. The summed E-state index contributed by atoms with van der Waals surface area (Å²) in [5, 5.41) is 0. The van der Waals surface area contributed by atoms with Crippen LogP contribution in [0.3, 0.4) is 0 Å². The Labute approximate surface area is 84.3 Å². The molecule has 0 bridgehead atoms. The molecule has 0 fully saturated rings. The van der Waals surface area contributed by atoms with E-state index in [1.165, 1.54) is 18.3 Å². The van der Waals surface area contributed by atoms with Gasteiger partial charge in [-0.15, -0.1) is 0 Å². The van der Waals surface area contributed by atoms with E-state index in [1.807, 2.05) is 0 Å². The SMILES string of the molecule is NCc1cccn(CCC(F)(F)F)c1=O. The predicted octanol–water partition coefficient (Wildman–Crippen LogP) is 1.26. The van der Waals surface area contributed by atoms with Crippen LogP contribution in [-0.2, 0) is 13.1 Å². The van der Waals surface area contributed by atoms with Crippen molar-refractivity contribution in [3.63, 3.8) is 0 Å². The van der Waals surface area contributed by atoms with Gasteiger partial charge >= 0.3 is 6.18 Å². The third-order valence-corrected chi connectivity index (χ3v) is 1.96. The van der Waals surface area contributed by atoms with E-state index in [0.717, 1.165) is 4.57 Å². The monoisotopic (exact) mass is 220 g/mol. The van der Waals surface area contributed by atoms with E-state index in [4.69, 9.17) is 5.73 Å². The summed E-state index contributed by atoms with van der Waals surface area (Å²) in [6.45, 7) is -0.331. The van der Waals surface area contributed by atoms with Gasteiger partial charge in [0.05, 0.1) is 6.42 Å². The highest BCUT2D eigenvalue weighted by Gasteiger charge is 2.26. The van der Waals surface area contributed by atoms with Gasteiger partial charge in [-0.1, -0.05) is 6.07 Å². The van der Waals surface area contributed by atoms with E-state index in [9.17, 15) is 18.0 Å². The highest BCUT2D eigenvalue weighted by Crippen LogP contribution is 2.19. The molecular weight excluding hydrogens is 209 g/mol. The Morgan fingerprint density at radius 3 is 2.60 bits per heavy atom. The number of aromatic nitrogens is 1. The summed E-state index contributed by atoms with van der Waals surface area (Å²) in [5.41, 5.74) is 5.13. The molecule has 6 heteroatoms. The average molecular weight is 220 g/mol. The van der Waals surface area contributed by atoms with E-state index >= 15 is 0 Å². The summed E-state index contributed by atoms with van der Waals surface area (Å²) >= 11 is 0. The van der Waals surface area contributed by atoms with E-state index in [2.05, 4.69) is 0 Å². The molecule has 0 spiro atoms. The van der Waals surface area contributed by atoms with Crippen LogP contribution in [0.5, 0.6) is 0 Å². The summed E-state index contributed by atoms with van der Waals surface area (Å²) in [4.78, 5) is 11.4. The Hall–Kier alpha value is -1.30. The topological polar surface area (TPSA) is 48.0 Å². The molecule has 1 aromatic rings. The predicted molar refractivity (Wildman–Crippen MR) is 49.3 cm³/mol. The van der Waals surface area contributed by atoms with Crippen molar-refractivity contribution in [2.24, 2.45) is 5.73 Å². The van der Waals surface area contributed by atoms with Crippen LogP contribution in [-0.4, -0.2) is 10.7 Å². The molecule has 0 amide bonds. The zero-order chi connectivity index (χ0) is 11.5. The lowest BCUT2D eigenvalue weighted by atomic mass is 10.2. The molecule has 15 heavy (non-hydrogen) atoms. The first kappa shape index (κ1) is 11.8. The largest absolute Gasteiger partial charge is 0.390 e. The number of hydrogen-bond donors (Lipinski definition) is 1. The standard InChI is InChI=1S/C9H11F3N2O/c10-9(11,12)3-5-14-4-1-2-7(6-13)8(14)15/h1-2,4H,3,5-6,13H2. The highest BCUT2D eigenvalue weighted by atomic mass is 19.4. The second-order valence-electron chi connectivity index (χ2n) is 3.10. The first-order chi connectivity index (χ1) is 6.94. The normalized spacial score (nSPS) is 11.7. The molecule has 0 aliphatic rings. The number of aryl methyl sites for hydroxylation is 1. The Balaban J connectivity index is 2.83. The molecule has 84 valence electrons. The van der Waals surface area contributed by atoms with Crippen molar-refractivity contribution in [2.75, 3.05) is 0 Å². The number of nitrogens with two attached hydrogens (primary N) is 1. The van der Waals surface area contributed by atoms with Crippen LogP contribution in [0.25, 0.3) is 0 Å². The lowest BCUT2D eigenvalue weighted by molar-refractivity contribution is -0.136. The maximum Gasteiger partial charge on any atom is 0.390 e. The number of pyridine rings is 1. The summed E-state index contributed by atoms with van der Waals surface area (Å²) in [5.74, 6) is 0. The molecular formula is C9H11F3N2O. The number of halogens is 3. The number of nitrogens with zero attached hydrogens (tertiary/aromatic N) is 1. The average Bonchev–Trinajstić information content (AvgIpc) is 2.15. The molecule has 1 rings (SSSR count). The third kappa shape index (κ3) is 3.39. The first-order valence-electron chi connectivity index (χ1n) is 4.39. The van der Waals surface area contributed by atoms with Gasteiger partial charge in [0.1, 0.15) is 0 Å². The van der Waals surface area contributed by atoms with Gasteiger partial charge < -0.3 is 10.3 Å². The molecule has 0 unspecified atom stereocenters. The summed E-state index contributed by atoms with van der Waals surface area (Å²) in [6.07, 6.45) is -3.94. The summed E-state index contributed by atoms with van der Waals surface area (Å²) in [7, 11) is 0. The molecule has 0 atom stereocenters. The number of hydrogen-bond acceptors (Lipinski definition) is 2. The zero-order valence-electron chi connectivity index (χ0n) is 7.92. The molecule has 0 saturated carbocycles. The van der Waals surface area contributed by atoms with Crippen LogP contribution in [0.2, 0.25) is 0 Å². The van der Waals surface area contributed by atoms with E-state index in [1.54, 1.807) is 0 Å². The van der Waals surface area contributed by atoms with Crippen LogP contribution in [0.15, 0.2) is 23.1 Å². The van der Waals surface area contributed by atoms with Crippen LogP contribution in [0.4, 0.5) is 13.2 Å². The van der Waals surface area contributed by atoms with Gasteiger partial charge in [0.15, 0.2) is 0 Å².